The third kappa shape index (κ3) is 4.01. The van der Waals surface area contributed by atoms with E-state index in [9.17, 15) is 9.59 Å². The van der Waals surface area contributed by atoms with Gasteiger partial charge in [-0.15, -0.1) is 0 Å². The molecule has 0 unspecified atom stereocenters. The third-order valence-corrected chi connectivity index (χ3v) is 3.19. The lowest BCUT2D eigenvalue weighted by molar-refractivity contribution is 0.0646. The van der Waals surface area contributed by atoms with Crippen LogP contribution in [0.25, 0.3) is 0 Å². The zero-order valence-corrected chi connectivity index (χ0v) is 10.4. The fraction of sp³-hybridized carbons (Fsp3) is 0.364. The Bertz CT molecular complexity index is 451. The number of carbonyl (C=O) groups is 2. The number of carboxylic acid groups (broad SMARTS) is 2. The van der Waals surface area contributed by atoms with Crippen molar-refractivity contribution < 1.29 is 19.8 Å². The minimum Gasteiger partial charge on any atom is -0.478 e. The molecule has 0 aliphatic carbocycles. The highest BCUT2D eigenvalue weighted by Crippen LogP contribution is 2.12. The van der Waals surface area contributed by atoms with Gasteiger partial charge in [0, 0.05) is 18.5 Å². The van der Waals surface area contributed by atoms with E-state index in [4.69, 9.17) is 15.9 Å². The molecule has 18 heavy (non-hydrogen) atoms. The molecule has 0 aliphatic rings. The number of aromatic nitrogens is 1. The van der Waals surface area contributed by atoms with Crippen LogP contribution in [0.3, 0.4) is 0 Å². The fourth-order valence-corrected chi connectivity index (χ4v) is 2.10. The van der Waals surface area contributed by atoms with Crippen LogP contribution in [-0.2, 0) is 6.42 Å². The average molecular weight is 270 g/mol. The zero-order valence-electron chi connectivity index (χ0n) is 9.63. The molecule has 1 aromatic rings. The molecular weight excluding hydrogens is 256 g/mol. The molecule has 1 aromatic heterocycles. The van der Waals surface area contributed by atoms with Crippen LogP contribution in [0, 0.1) is 0 Å². The molecule has 4 N–H and O–H groups in total. The van der Waals surface area contributed by atoms with Crippen molar-refractivity contribution in [2.45, 2.75) is 6.42 Å². The first-order chi connectivity index (χ1) is 8.56. The highest BCUT2D eigenvalue weighted by atomic mass is 32.2. The number of nitrogens with zero attached hydrogens (tertiary/aromatic N) is 1. The molecule has 1 rings (SSSR count). The van der Waals surface area contributed by atoms with Gasteiger partial charge in [0.1, 0.15) is 0 Å². The lowest BCUT2D eigenvalue weighted by Gasteiger charge is -2.05. The Morgan fingerprint density at radius 2 is 2.00 bits per heavy atom. The normalized spacial score (nSPS) is 10.3. The molecule has 98 valence electrons. The molecule has 1 heterocycles. The largest absolute Gasteiger partial charge is 0.478 e. The van der Waals surface area contributed by atoms with E-state index in [1.165, 1.54) is 12.3 Å². The lowest BCUT2D eigenvalue weighted by atomic mass is 10.1. The summed E-state index contributed by atoms with van der Waals surface area (Å²) in [6.45, 7) is 0.598. The van der Waals surface area contributed by atoms with Crippen molar-refractivity contribution in [2.75, 3.05) is 18.1 Å². The van der Waals surface area contributed by atoms with Crippen LogP contribution >= 0.6 is 11.8 Å². The van der Waals surface area contributed by atoms with Crippen LogP contribution in [0.5, 0.6) is 0 Å². The Morgan fingerprint density at radius 3 is 2.56 bits per heavy atom. The summed E-state index contributed by atoms with van der Waals surface area (Å²) >= 11 is 1.66. The predicted octanol–water partition coefficient (Wildman–Crippen LogP) is 0.712. The van der Waals surface area contributed by atoms with Crippen molar-refractivity contribution in [3.63, 3.8) is 0 Å². The van der Waals surface area contributed by atoms with Crippen molar-refractivity contribution in [1.29, 1.82) is 0 Å². The number of nitrogens with two attached hydrogens (primary N) is 1. The van der Waals surface area contributed by atoms with E-state index in [0.717, 1.165) is 11.5 Å². The maximum absolute atomic E-state index is 10.9. The van der Waals surface area contributed by atoms with Gasteiger partial charge < -0.3 is 15.9 Å². The maximum Gasteiger partial charge on any atom is 0.355 e. The average Bonchev–Trinajstić information content (AvgIpc) is 2.34. The van der Waals surface area contributed by atoms with Crippen LogP contribution < -0.4 is 5.73 Å². The van der Waals surface area contributed by atoms with E-state index >= 15 is 0 Å². The van der Waals surface area contributed by atoms with Crippen LogP contribution in [-0.4, -0.2) is 45.2 Å². The Morgan fingerprint density at radius 1 is 1.28 bits per heavy atom. The van der Waals surface area contributed by atoms with Gasteiger partial charge in [-0.1, -0.05) is 0 Å². The number of hydrogen-bond acceptors (Lipinski definition) is 5. The van der Waals surface area contributed by atoms with Gasteiger partial charge in [-0.05, 0) is 23.8 Å². The molecule has 0 saturated carbocycles. The van der Waals surface area contributed by atoms with Crippen molar-refractivity contribution in [2.24, 2.45) is 5.73 Å². The van der Waals surface area contributed by atoms with Crippen LogP contribution in [0.4, 0.5) is 0 Å². The van der Waals surface area contributed by atoms with Crippen LogP contribution in [0.2, 0.25) is 0 Å². The highest BCUT2D eigenvalue weighted by molar-refractivity contribution is 7.99. The monoisotopic (exact) mass is 270 g/mol. The van der Waals surface area contributed by atoms with E-state index in [1.54, 1.807) is 11.8 Å². The van der Waals surface area contributed by atoms with Crippen LogP contribution in [0.1, 0.15) is 26.4 Å². The van der Waals surface area contributed by atoms with Crippen LogP contribution in [0.15, 0.2) is 12.3 Å². The summed E-state index contributed by atoms with van der Waals surface area (Å²) in [6, 6.07) is 1.36. The summed E-state index contributed by atoms with van der Waals surface area (Å²) in [5, 5.41) is 17.7. The second-order valence-corrected chi connectivity index (χ2v) is 4.73. The Balaban J connectivity index is 2.80. The Kier molecular flexibility index (Phi) is 5.60. The molecular formula is C11H14N2O4S. The SMILES string of the molecule is NCCSCCc1cnc(C(=O)O)c(C(=O)O)c1. The first kappa shape index (κ1) is 14.5. The predicted molar refractivity (Wildman–Crippen MR) is 68.2 cm³/mol. The first-order valence-electron chi connectivity index (χ1n) is 5.29. The standard InChI is InChI=1S/C11H14N2O4S/c12-2-4-18-3-1-7-5-8(10(14)15)9(11(16)17)13-6-7/h5-6H,1-4,12H2,(H,14,15)(H,16,17). The van der Waals surface area contributed by atoms with Gasteiger partial charge >= 0.3 is 11.9 Å². The molecule has 6 nitrogen and oxygen atoms in total. The Labute approximate surface area is 108 Å². The maximum atomic E-state index is 10.9. The first-order valence-corrected chi connectivity index (χ1v) is 6.45. The van der Waals surface area contributed by atoms with Gasteiger partial charge in [0.15, 0.2) is 5.69 Å². The van der Waals surface area contributed by atoms with Gasteiger partial charge in [-0.2, -0.15) is 11.8 Å². The van der Waals surface area contributed by atoms with Crippen molar-refractivity contribution in [3.8, 4) is 0 Å². The van der Waals surface area contributed by atoms with Gasteiger partial charge in [0.25, 0.3) is 0 Å². The minimum absolute atomic E-state index is 0.274. The number of carboxylic acids is 2. The summed E-state index contributed by atoms with van der Waals surface area (Å²) in [7, 11) is 0. The van der Waals surface area contributed by atoms with Crippen molar-refractivity contribution in [3.05, 3.63) is 29.1 Å². The fourth-order valence-electron chi connectivity index (χ4n) is 1.35. The molecule has 0 fully saturated rings. The van der Waals surface area contributed by atoms with E-state index in [0.29, 0.717) is 18.5 Å². The molecule has 0 radical (unpaired) electrons. The second kappa shape index (κ2) is 6.97. The number of rotatable bonds is 7. The molecule has 0 aliphatic heterocycles. The summed E-state index contributed by atoms with van der Waals surface area (Å²) in [5.74, 6) is -0.982. The van der Waals surface area contributed by atoms with E-state index in [-0.39, 0.29) is 5.56 Å². The third-order valence-electron chi connectivity index (χ3n) is 2.17. The second-order valence-electron chi connectivity index (χ2n) is 3.50. The van der Waals surface area contributed by atoms with E-state index in [2.05, 4.69) is 4.98 Å². The number of aryl methyl sites for hydroxylation is 1. The molecule has 0 aromatic carbocycles. The topological polar surface area (TPSA) is 114 Å². The highest BCUT2D eigenvalue weighted by Gasteiger charge is 2.17. The molecule has 0 amide bonds. The number of hydrogen-bond donors (Lipinski definition) is 3. The van der Waals surface area contributed by atoms with Crippen molar-refractivity contribution >= 4 is 23.7 Å². The van der Waals surface area contributed by atoms with E-state index < -0.39 is 17.6 Å². The summed E-state index contributed by atoms with van der Waals surface area (Å²) in [5.41, 5.74) is 5.35. The van der Waals surface area contributed by atoms with Gasteiger partial charge in [-0.3, -0.25) is 0 Å². The molecule has 0 bridgehead atoms. The number of pyridine rings is 1. The molecule has 0 saturated heterocycles. The molecule has 0 spiro atoms. The summed E-state index contributed by atoms with van der Waals surface area (Å²) in [4.78, 5) is 25.4. The van der Waals surface area contributed by atoms with Crippen molar-refractivity contribution in [1.82, 2.24) is 4.98 Å². The van der Waals surface area contributed by atoms with Gasteiger partial charge in [-0.25, -0.2) is 14.6 Å². The van der Waals surface area contributed by atoms with Gasteiger partial charge in [0.2, 0.25) is 0 Å². The lowest BCUT2D eigenvalue weighted by Crippen LogP contribution is -2.11. The molecule has 0 atom stereocenters. The number of thioether (sulfide) groups is 1. The minimum atomic E-state index is -1.34. The van der Waals surface area contributed by atoms with E-state index in [1.807, 2.05) is 0 Å². The summed E-state index contributed by atoms with van der Waals surface area (Å²) < 4.78 is 0. The number of aromatic carboxylic acids is 2. The quantitative estimate of drug-likeness (QED) is 0.625. The summed E-state index contributed by atoms with van der Waals surface area (Å²) in [6.07, 6.45) is 2.04. The molecule has 7 heteroatoms. The Hall–Kier alpha value is -1.60. The van der Waals surface area contributed by atoms with Gasteiger partial charge in [0.05, 0.1) is 5.56 Å². The smallest absolute Gasteiger partial charge is 0.355 e. The zero-order chi connectivity index (χ0) is 13.5.